The molecule has 0 radical (unpaired) electrons. The van der Waals surface area contributed by atoms with Crippen LogP contribution in [0, 0.1) is 14.9 Å². The largest absolute Gasteiger partial charge is 0.573 e. The Labute approximate surface area is 90.6 Å². The maximum absolute atomic E-state index is 11.8. The zero-order valence-electron chi connectivity index (χ0n) is 6.47. The summed E-state index contributed by atoms with van der Waals surface area (Å²) in [6, 6.07) is 2.71. The molecule has 0 saturated carbocycles. The minimum atomic E-state index is -4.76. The van der Waals surface area contributed by atoms with E-state index in [4.69, 9.17) is 5.26 Å². The monoisotopic (exact) mass is 314 g/mol. The molecule has 1 aromatic rings. The lowest BCUT2D eigenvalue weighted by atomic mass is 10.3. The van der Waals surface area contributed by atoms with Crippen molar-refractivity contribution in [2.45, 2.75) is 6.36 Å². The second-order valence-corrected chi connectivity index (χ2v) is 3.21. The van der Waals surface area contributed by atoms with Crippen LogP contribution in [-0.4, -0.2) is 11.3 Å². The van der Waals surface area contributed by atoms with E-state index in [1.54, 1.807) is 28.7 Å². The average molecular weight is 314 g/mol. The molecule has 14 heavy (non-hydrogen) atoms. The summed E-state index contributed by atoms with van der Waals surface area (Å²) in [5, 5.41) is 8.49. The van der Waals surface area contributed by atoms with Crippen molar-refractivity contribution in [3.8, 4) is 11.8 Å². The zero-order chi connectivity index (χ0) is 10.8. The average Bonchev–Trinajstić information content (AvgIpc) is 2.06. The number of hydrogen-bond acceptors (Lipinski definition) is 3. The lowest BCUT2D eigenvalue weighted by Crippen LogP contribution is -2.18. The Morgan fingerprint density at radius 2 is 2.14 bits per heavy atom. The molecule has 7 heteroatoms. The van der Waals surface area contributed by atoms with Crippen LogP contribution in [0.2, 0.25) is 0 Å². The Balaban J connectivity index is 3.06. The van der Waals surface area contributed by atoms with Gasteiger partial charge in [0.2, 0.25) is 0 Å². The molecule has 0 bridgehead atoms. The number of halogens is 4. The summed E-state index contributed by atoms with van der Waals surface area (Å²) in [4.78, 5) is 3.57. The molecule has 1 heterocycles. The van der Waals surface area contributed by atoms with Gasteiger partial charge in [-0.15, -0.1) is 13.2 Å². The van der Waals surface area contributed by atoms with Crippen LogP contribution in [0.25, 0.3) is 0 Å². The quantitative estimate of drug-likeness (QED) is 0.748. The number of hydrogen-bond donors (Lipinski definition) is 0. The fraction of sp³-hybridized carbons (Fsp3) is 0.143. The Kier molecular flexibility index (Phi) is 3.15. The first kappa shape index (κ1) is 11.0. The Morgan fingerprint density at radius 3 is 2.64 bits per heavy atom. The molecule has 0 spiro atoms. The molecule has 1 rings (SSSR count). The normalized spacial score (nSPS) is 10.8. The lowest BCUT2D eigenvalue weighted by Gasteiger charge is -2.10. The van der Waals surface area contributed by atoms with Crippen LogP contribution >= 0.6 is 22.6 Å². The second kappa shape index (κ2) is 4.00. The maximum atomic E-state index is 11.8. The number of nitriles is 1. The van der Waals surface area contributed by atoms with Gasteiger partial charge in [-0.2, -0.15) is 5.26 Å². The van der Waals surface area contributed by atoms with Crippen LogP contribution in [0.15, 0.2) is 12.3 Å². The smallest absolute Gasteiger partial charge is 0.404 e. The van der Waals surface area contributed by atoms with E-state index in [9.17, 15) is 13.2 Å². The molecule has 74 valence electrons. The first-order valence-electron chi connectivity index (χ1n) is 3.24. The first-order valence-corrected chi connectivity index (χ1v) is 4.32. The molecule has 3 nitrogen and oxygen atoms in total. The third-order valence-corrected chi connectivity index (χ3v) is 2.23. The van der Waals surface area contributed by atoms with Gasteiger partial charge in [0, 0.05) is 12.3 Å². The number of alkyl halides is 3. The van der Waals surface area contributed by atoms with Gasteiger partial charge in [0.25, 0.3) is 0 Å². The molecule has 0 aliphatic heterocycles. The number of aromatic nitrogens is 1. The Hall–Kier alpha value is -1.04. The van der Waals surface area contributed by atoms with Gasteiger partial charge in [0.15, 0.2) is 5.69 Å². The third-order valence-electron chi connectivity index (χ3n) is 1.19. The SMILES string of the molecule is N#Cc1nccc(OC(F)(F)F)c1I. The number of ether oxygens (including phenoxy) is 1. The predicted molar refractivity (Wildman–Crippen MR) is 48.4 cm³/mol. The molecular formula is C7H2F3IN2O. The summed E-state index contributed by atoms with van der Waals surface area (Å²) in [5.74, 6) is -0.412. The van der Waals surface area contributed by atoms with Gasteiger partial charge in [-0.1, -0.05) is 0 Å². The molecule has 0 unspecified atom stereocenters. The number of pyridine rings is 1. The van der Waals surface area contributed by atoms with Crippen molar-refractivity contribution < 1.29 is 17.9 Å². The topological polar surface area (TPSA) is 45.9 Å². The van der Waals surface area contributed by atoms with Gasteiger partial charge < -0.3 is 4.74 Å². The molecule has 0 aliphatic rings. The lowest BCUT2D eigenvalue weighted by molar-refractivity contribution is -0.275. The van der Waals surface area contributed by atoms with Gasteiger partial charge in [-0.3, -0.25) is 0 Å². The van der Waals surface area contributed by atoms with Gasteiger partial charge in [-0.25, -0.2) is 4.98 Å². The minimum absolute atomic E-state index is 0.0462. The summed E-state index contributed by atoms with van der Waals surface area (Å²) in [7, 11) is 0. The van der Waals surface area contributed by atoms with Crippen molar-refractivity contribution in [3.05, 3.63) is 21.5 Å². The van der Waals surface area contributed by atoms with Crippen molar-refractivity contribution in [1.82, 2.24) is 4.98 Å². The number of rotatable bonds is 1. The molecule has 0 aliphatic carbocycles. The molecule has 0 amide bonds. The van der Waals surface area contributed by atoms with E-state index in [0.717, 1.165) is 12.3 Å². The first-order chi connectivity index (χ1) is 6.44. The van der Waals surface area contributed by atoms with Gasteiger partial charge in [0.05, 0.1) is 3.57 Å². The maximum Gasteiger partial charge on any atom is 0.573 e. The van der Waals surface area contributed by atoms with Crippen molar-refractivity contribution in [2.24, 2.45) is 0 Å². The third kappa shape index (κ3) is 2.73. The Bertz CT molecular complexity index is 386. The number of nitrogens with zero attached hydrogens (tertiary/aromatic N) is 2. The van der Waals surface area contributed by atoms with Crippen LogP contribution in [0.5, 0.6) is 5.75 Å². The van der Waals surface area contributed by atoms with Crippen LogP contribution in [-0.2, 0) is 0 Å². The molecule has 1 aromatic heterocycles. The molecule has 0 saturated heterocycles. The highest BCUT2D eigenvalue weighted by atomic mass is 127. The highest BCUT2D eigenvalue weighted by molar-refractivity contribution is 14.1. The van der Waals surface area contributed by atoms with E-state index in [2.05, 4.69) is 9.72 Å². The predicted octanol–water partition coefficient (Wildman–Crippen LogP) is 2.46. The van der Waals surface area contributed by atoms with Crippen LogP contribution in [0.4, 0.5) is 13.2 Å². The van der Waals surface area contributed by atoms with E-state index in [1.165, 1.54) is 0 Å². The van der Waals surface area contributed by atoms with Crippen LogP contribution in [0.3, 0.4) is 0 Å². The second-order valence-electron chi connectivity index (χ2n) is 2.13. The fourth-order valence-electron chi connectivity index (χ4n) is 0.707. The summed E-state index contributed by atoms with van der Waals surface area (Å²) in [6.07, 6.45) is -3.67. The van der Waals surface area contributed by atoms with E-state index < -0.39 is 12.1 Å². The van der Waals surface area contributed by atoms with Crippen molar-refractivity contribution in [1.29, 1.82) is 5.26 Å². The summed E-state index contributed by atoms with van der Waals surface area (Å²) in [6.45, 7) is 0. The van der Waals surface area contributed by atoms with Gasteiger partial charge in [-0.05, 0) is 22.6 Å². The van der Waals surface area contributed by atoms with E-state index in [1.807, 2.05) is 0 Å². The van der Waals surface area contributed by atoms with E-state index in [-0.39, 0.29) is 9.26 Å². The molecule has 0 N–H and O–H groups in total. The molecule has 0 atom stereocenters. The van der Waals surface area contributed by atoms with Crippen LogP contribution < -0.4 is 4.74 Å². The summed E-state index contributed by atoms with van der Waals surface area (Å²) in [5.41, 5.74) is -0.0904. The Morgan fingerprint density at radius 1 is 1.50 bits per heavy atom. The van der Waals surface area contributed by atoms with Crippen molar-refractivity contribution in [2.75, 3.05) is 0 Å². The summed E-state index contributed by atoms with van der Waals surface area (Å²) >= 11 is 1.57. The molecular weight excluding hydrogens is 312 g/mol. The van der Waals surface area contributed by atoms with Crippen LogP contribution in [0.1, 0.15) is 5.69 Å². The standard InChI is InChI=1S/C7H2F3IN2O/c8-7(9,10)14-5-1-2-13-4(3-12)6(5)11/h1-2H. The van der Waals surface area contributed by atoms with Gasteiger partial charge in [0.1, 0.15) is 11.8 Å². The minimum Gasteiger partial charge on any atom is -0.404 e. The molecule has 0 fully saturated rings. The highest BCUT2D eigenvalue weighted by Gasteiger charge is 2.32. The van der Waals surface area contributed by atoms with Gasteiger partial charge >= 0.3 is 6.36 Å². The van der Waals surface area contributed by atoms with Crippen molar-refractivity contribution >= 4 is 22.6 Å². The zero-order valence-corrected chi connectivity index (χ0v) is 8.63. The molecule has 0 aromatic carbocycles. The highest BCUT2D eigenvalue weighted by Crippen LogP contribution is 2.28. The fourth-order valence-corrected chi connectivity index (χ4v) is 1.26. The summed E-state index contributed by atoms with van der Waals surface area (Å²) < 4.78 is 39.2. The van der Waals surface area contributed by atoms with Crippen molar-refractivity contribution in [3.63, 3.8) is 0 Å². The van der Waals surface area contributed by atoms with E-state index >= 15 is 0 Å². The van der Waals surface area contributed by atoms with E-state index in [0.29, 0.717) is 0 Å².